The third-order valence-electron chi connectivity index (χ3n) is 4.71. The largest absolute Gasteiger partial charge is 0.377 e. The molecule has 2 bridgehead atoms. The zero-order chi connectivity index (χ0) is 14.8. The van der Waals surface area contributed by atoms with Gasteiger partial charge in [-0.05, 0) is 32.7 Å². The van der Waals surface area contributed by atoms with Gasteiger partial charge in [-0.3, -0.25) is 0 Å². The normalized spacial score (nSPS) is 29.4. The number of anilines is 1. The van der Waals surface area contributed by atoms with Gasteiger partial charge in [0.25, 0.3) is 0 Å². The minimum Gasteiger partial charge on any atom is -0.377 e. The molecule has 0 saturated carbocycles. The number of ether oxygens (including phenoxy) is 1. The fraction of sp³-hybridized carbons (Fsp3) is 0.733. The molecule has 116 valence electrons. The summed E-state index contributed by atoms with van der Waals surface area (Å²) < 4.78 is 5.08. The Morgan fingerprint density at radius 1 is 1.33 bits per heavy atom. The van der Waals surface area contributed by atoms with Crippen molar-refractivity contribution in [2.45, 2.75) is 56.8 Å². The van der Waals surface area contributed by atoms with Gasteiger partial charge >= 0.3 is 0 Å². The number of methoxy groups -OCH3 is 1. The maximum atomic E-state index is 6.07. The van der Waals surface area contributed by atoms with Gasteiger partial charge in [-0.15, -0.1) is 0 Å². The smallest absolute Gasteiger partial charge is 0.158 e. The Labute approximate surface area is 131 Å². The zero-order valence-corrected chi connectivity index (χ0v) is 13.4. The average molecular weight is 311 g/mol. The molecule has 2 aliphatic rings. The third kappa shape index (κ3) is 3.47. The Bertz CT molecular complexity index is 485. The van der Waals surface area contributed by atoms with Gasteiger partial charge in [-0.25, -0.2) is 9.97 Å². The summed E-state index contributed by atoms with van der Waals surface area (Å²) in [4.78, 5) is 11.2. The Kier molecular flexibility index (Phi) is 4.62. The second-order valence-corrected chi connectivity index (χ2v) is 6.53. The van der Waals surface area contributed by atoms with E-state index >= 15 is 0 Å². The molecular weight excluding hydrogens is 288 g/mol. The number of rotatable bonds is 4. The van der Waals surface area contributed by atoms with Crippen molar-refractivity contribution in [3.05, 3.63) is 17.0 Å². The molecular formula is C15H23ClN4O. The van der Waals surface area contributed by atoms with Crippen molar-refractivity contribution in [1.29, 1.82) is 0 Å². The van der Waals surface area contributed by atoms with Crippen LogP contribution in [0.3, 0.4) is 0 Å². The van der Waals surface area contributed by atoms with Crippen LogP contribution in [0, 0.1) is 0 Å². The number of nitrogens with zero attached hydrogens (tertiary/aromatic N) is 3. The number of piperidine rings is 2. The molecule has 2 unspecified atom stereocenters. The van der Waals surface area contributed by atoms with E-state index in [-0.39, 0.29) is 0 Å². The van der Waals surface area contributed by atoms with E-state index < -0.39 is 0 Å². The van der Waals surface area contributed by atoms with E-state index in [1.807, 2.05) is 0 Å². The lowest BCUT2D eigenvalue weighted by Gasteiger charge is -2.47. The van der Waals surface area contributed by atoms with Crippen LogP contribution >= 0.6 is 11.6 Å². The first-order valence-electron chi connectivity index (χ1n) is 7.66. The number of fused-ring (bicyclic) bond motifs is 2. The molecule has 1 N–H and O–H groups in total. The lowest BCUT2D eigenvalue weighted by molar-refractivity contribution is 0.0608. The molecule has 2 fully saturated rings. The number of hydrogen-bond acceptors (Lipinski definition) is 5. The molecule has 0 aromatic carbocycles. The van der Waals surface area contributed by atoms with E-state index in [4.69, 9.17) is 16.3 Å². The summed E-state index contributed by atoms with van der Waals surface area (Å²) in [5.74, 6) is 1.44. The van der Waals surface area contributed by atoms with E-state index in [0.29, 0.717) is 35.7 Å². The van der Waals surface area contributed by atoms with E-state index in [1.54, 1.807) is 13.2 Å². The van der Waals surface area contributed by atoms with Crippen LogP contribution in [0.1, 0.15) is 37.9 Å². The van der Waals surface area contributed by atoms with Crippen molar-refractivity contribution >= 4 is 17.4 Å². The molecule has 1 aromatic rings. The first-order chi connectivity index (χ1) is 10.2. The SMILES string of the molecule is COCc1nc(Cl)cc(NC2CC3CCCC(C2)N3C)n1. The van der Waals surface area contributed by atoms with Crippen LogP contribution in [0.5, 0.6) is 0 Å². The van der Waals surface area contributed by atoms with Crippen molar-refractivity contribution in [1.82, 2.24) is 14.9 Å². The Hall–Kier alpha value is -0.910. The van der Waals surface area contributed by atoms with Crippen molar-refractivity contribution in [3.8, 4) is 0 Å². The van der Waals surface area contributed by atoms with Gasteiger partial charge in [-0.1, -0.05) is 18.0 Å². The molecule has 0 amide bonds. The molecule has 2 saturated heterocycles. The van der Waals surface area contributed by atoms with Gasteiger partial charge in [0, 0.05) is 31.3 Å². The zero-order valence-electron chi connectivity index (χ0n) is 12.7. The van der Waals surface area contributed by atoms with E-state index in [2.05, 4.69) is 27.2 Å². The van der Waals surface area contributed by atoms with Crippen LogP contribution < -0.4 is 5.32 Å². The summed E-state index contributed by atoms with van der Waals surface area (Å²) in [5.41, 5.74) is 0. The molecule has 21 heavy (non-hydrogen) atoms. The van der Waals surface area contributed by atoms with Crippen molar-refractivity contribution in [2.75, 3.05) is 19.5 Å². The molecule has 2 atom stereocenters. The lowest BCUT2D eigenvalue weighted by atomic mass is 9.82. The maximum Gasteiger partial charge on any atom is 0.158 e. The van der Waals surface area contributed by atoms with Crippen molar-refractivity contribution in [2.24, 2.45) is 0 Å². The summed E-state index contributed by atoms with van der Waals surface area (Å²) in [7, 11) is 3.90. The average Bonchev–Trinajstić information content (AvgIpc) is 2.39. The summed E-state index contributed by atoms with van der Waals surface area (Å²) in [6, 6.07) is 3.67. The van der Waals surface area contributed by atoms with Crippen LogP contribution in [0.2, 0.25) is 5.15 Å². The van der Waals surface area contributed by atoms with Gasteiger partial charge in [0.15, 0.2) is 5.82 Å². The highest BCUT2D eigenvalue weighted by Gasteiger charge is 2.35. The molecule has 2 aliphatic heterocycles. The molecule has 0 spiro atoms. The third-order valence-corrected chi connectivity index (χ3v) is 4.90. The Morgan fingerprint density at radius 2 is 2.05 bits per heavy atom. The molecule has 0 aliphatic carbocycles. The van der Waals surface area contributed by atoms with Crippen LogP contribution in [0.4, 0.5) is 5.82 Å². The Morgan fingerprint density at radius 3 is 2.71 bits per heavy atom. The minimum atomic E-state index is 0.383. The van der Waals surface area contributed by atoms with Crippen molar-refractivity contribution < 1.29 is 4.74 Å². The van der Waals surface area contributed by atoms with E-state index in [0.717, 1.165) is 5.82 Å². The second kappa shape index (κ2) is 6.46. The Balaban J connectivity index is 1.69. The molecule has 5 nitrogen and oxygen atoms in total. The van der Waals surface area contributed by atoms with E-state index in [9.17, 15) is 0 Å². The quantitative estimate of drug-likeness (QED) is 0.867. The number of hydrogen-bond donors (Lipinski definition) is 1. The summed E-state index contributed by atoms with van der Waals surface area (Å²) in [6.07, 6.45) is 6.33. The van der Waals surface area contributed by atoms with Gasteiger partial charge in [0.05, 0.1) is 0 Å². The van der Waals surface area contributed by atoms with Crippen LogP contribution in [0.25, 0.3) is 0 Å². The number of nitrogens with one attached hydrogen (secondary N) is 1. The number of aromatic nitrogens is 2. The predicted octanol–water partition coefficient (Wildman–Crippen LogP) is 2.70. The van der Waals surface area contributed by atoms with Gasteiger partial charge in [-0.2, -0.15) is 0 Å². The maximum absolute atomic E-state index is 6.07. The lowest BCUT2D eigenvalue weighted by Crippen LogP contribution is -2.52. The minimum absolute atomic E-state index is 0.383. The second-order valence-electron chi connectivity index (χ2n) is 6.14. The summed E-state index contributed by atoms with van der Waals surface area (Å²) >= 11 is 6.07. The molecule has 0 radical (unpaired) electrons. The molecule has 3 heterocycles. The van der Waals surface area contributed by atoms with Crippen LogP contribution in [0.15, 0.2) is 6.07 Å². The first-order valence-corrected chi connectivity index (χ1v) is 8.04. The standard InChI is InChI=1S/C15H23ClN4O/c1-20-11-4-3-5-12(20)7-10(6-11)17-14-8-13(16)18-15(19-14)9-21-2/h8,10-12H,3-7,9H2,1-2H3,(H,17,18,19). The van der Waals surface area contributed by atoms with Crippen molar-refractivity contribution in [3.63, 3.8) is 0 Å². The van der Waals surface area contributed by atoms with Gasteiger partial charge < -0.3 is 15.0 Å². The molecule has 1 aromatic heterocycles. The summed E-state index contributed by atoms with van der Waals surface area (Å²) in [6.45, 7) is 0.383. The first kappa shape index (κ1) is 15.0. The van der Waals surface area contributed by atoms with Gasteiger partial charge in [0.1, 0.15) is 17.6 Å². The van der Waals surface area contributed by atoms with Gasteiger partial charge in [0.2, 0.25) is 0 Å². The fourth-order valence-corrected chi connectivity index (χ4v) is 3.88. The van der Waals surface area contributed by atoms with Crippen LogP contribution in [-0.2, 0) is 11.3 Å². The summed E-state index contributed by atoms with van der Waals surface area (Å²) in [5, 5.41) is 4.02. The highest BCUT2D eigenvalue weighted by molar-refractivity contribution is 6.29. The topological polar surface area (TPSA) is 50.3 Å². The highest BCUT2D eigenvalue weighted by Crippen LogP contribution is 2.33. The fourth-order valence-electron chi connectivity index (χ4n) is 3.68. The number of halogens is 1. The molecule has 6 heteroatoms. The van der Waals surface area contributed by atoms with E-state index in [1.165, 1.54) is 32.1 Å². The highest BCUT2D eigenvalue weighted by atomic mass is 35.5. The predicted molar refractivity (Wildman–Crippen MR) is 83.6 cm³/mol. The monoisotopic (exact) mass is 310 g/mol. The molecule has 3 rings (SSSR count). The van der Waals surface area contributed by atoms with Crippen LogP contribution in [-0.4, -0.2) is 47.2 Å².